The summed E-state index contributed by atoms with van der Waals surface area (Å²) in [5.74, 6) is -0.558. The highest BCUT2D eigenvalue weighted by Crippen LogP contribution is 2.39. The Morgan fingerprint density at radius 1 is 0.821 bits per heavy atom. The van der Waals surface area contributed by atoms with E-state index < -0.39 is 11.1 Å². The van der Waals surface area contributed by atoms with Crippen LogP contribution in [0.15, 0.2) is 91.1 Å². The van der Waals surface area contributed by atoms with Crippen molar-refractivity contribution < 1.29 is 23.9 Å². The molecule has 1 atom stereocenters. The molecule has 12 heteroatoms. The number of para-hydroxylation sites is 1. The lowest BCUT2D eigenvalue weighted by Gasteiger charge is -2.44. The van der Waals surface area contributed by atoms with Crippen LogP contribution >= 0.6 is 0 Å². The number of rotatable bonds is 9. The number of piperidine rings is 4. The normalized spacial score (nSPS) is 21.7. The first-order chi connectivity index (χ1) is 27.2. The molecule has 292 valence electrons. The summed E-state index contributed by atoms with van der Waals surface area (Å²) in [5, 5.41) is 24.8. The molecule has 0 aliphatic carbocycles. The number of amides is 3. The van der Waals surface area contributed by atoms with Crippen LogP contribution in [0, 0.1) is 0 Å². The molecule has 0 unspecified atom stereocenters. The molecule has 3 N–H and O–H groups in total. The molecule has 4 fully saturated rings. The van der Waals surface area contributed by atoms with E-state index >= 15 is 4.39 Å². The van der Waals surface area contributed by atoms with Gasteiger partial charge < -0.3 is 25.1 Å². The van der Waals surface area contributed by atoms with Crippen LogP contribution in [0.25, 0.3) is 11.3 Å². The van der Waals surface area contributed by atoms with Crippen molar-refractivity contribution in [2.24, 2.45) is 0 Å². The second-order valence-electron chi connectivity index (χ2n) is 16.0. The molecule has 0 bridgehead atoms. The molecule has 3 amide bonds. The van der Waals surface area contributed by atoms with Gasteiger partial charge in [0.1, 0.15) is 11.4 Å². The molecule has 1 aromatic heterocycles. The fourth-order valence-electron chi connectivity index (χ4n) is 9.11. The van der Waals surface area contributed by atoms with Gasteiger partial charge in [-0.25, -0.2) is 4.39 Å². The van der Waals surface area contributed by atoms with E-state index in [1.54, 1.807) is 18.3 Å². The molecule has 4 saturated heterocycles. The van der Waals surface area contributed by atoms with E-state index in [0.29, 0.717) is 82.5 Å². The summed E-state index contributed by atoms with van der Waals surface area (Å²) in [7, 11) is 0. The lowest BCUT2D eigenvalue weighted by atomic mass is 9.71. The van der Waals surface area contributed by atoms with E-state index in [1.165, 1.54) is 0 Å². The molecule has 0 saturated carbocycles. The fourth-order valence-corrected chi connectivity index (χ4v) is 9.11. The molecule has 3 aromatic carbocycles. The zero-order valence-electron chi connectivity index (χ0n) is 31.7. The number of alkyl halides is 1. The minimum Gasteiger partial charge on any atom is -0.507 e. The van der Waals surface area contributed by atoms with Gasteiger partial charge in [0, 0.05) is 82.4 Å². The number of phenols is 1. The minimum atomic E-state index is -1.27. The van der Waals surface area contributed by atoms with Crippen molar-refractivity contribution in [1.82, 2.24) is 25.7 Å². The second kappa shape index (κ2) is 16.0. The van der Waals surface area contributed by atoms with Gasteiger partial charge in [-0.2, -0.15) is 10.2 Å². The number of imide groups is 1. The minimum absolute atomic E-state index is 0.0310. The molecule has 5 heterocycles. The molecule has 56 heavy (non-hydrogen) atoms. The Balaban J connectivity index is 0.837. The van der Waals surface area contributed by atoms with Crippen LogP contribution in [0.3, 0.4) is 0 Å². The van der Waals surface area contributed by atoms with E-state index in [9.17, 15) is 19.5 Å². The van der Waals surface area contributed by atoms with Crippen LogP contribution in [0.2, 0.25) is 0 Å². The van der Waals surface area contributed by atoms with Crippen molar-refractivity contribution in [2.45, 2.75) is 74.4 Å². The van der Waals surface area contributed by atoms with Crippen molar-refractivity contribution in [3.8, 4) is 17.0 Å². The molecule has 4 aliphatic heterocycles. The lowest BCUT2D eigenvalue weighted by Crippen LogP contribution is -2.56. The quantitative estimate of drug-likeness (QED) is 0.190. The average molecular weight is 760 g/mol. The Kier molecular flexibility index (Phi) is 10.7. The summed E-state index contributed by atoms with van der Waals surface area (Å²) in [5.41, 5.74) is 3.14. The fraction of sp³-hybridized carbons (Fsp3) is 0.432. The maximum atomic E-state index is 16.3. The van der Waals surface area contributed by atoms with Gasteiger partial charge >= 0.3 is 0 Å². The van der Waals surface area contributed by atoms with Crippen LogP contribution < -0.4 is 20.4 Å². The third-order valence-corrected chi connectivity index (χ3v) is 12.6. The largest absolute Gasteiger partial charge is 0.507 e. The molecular formula is C44H50FN7O4. The van der Waals surface area contributed by atoms with Crippen LogP contribution in [0.5, 0.6) is 5.75 Å². The number of carbonyl (C=O) groups is 3. The third-order valence-electron chi connectivity index (χ3n) is 12.6. The van der Waals surface area contributed by atoms with Crippen molar-refractivity contribution >= 4 is 29.1 Å². The van der Waals surface area contributed by atoms with Gasteiger partial charge in [0.2, 0.25) is 17.7 Å². The SMILES string of the molecule is O=C1CC[C@H](c2ccc(N3CCC(F)(CN4CCC(NC(=O)C5(c6ccccc6)CCN(c6cnnc(-c7ccccc7O)c6)CC5)CC4)CC3)cc2)C(=O)N1. The van der Waals surface area contributed by atoms with E-state index in [-0.39, 0.29) is 35.4 Å². The predicted molar refractivity (Wildman–Crippen MR) is 213 cm³/mol. The Hall–Kier alpha value is -5.36. The summed E-state index contributed by atoms with van der Waals surface area (Å²) >= 11 is 0. The smallest absolute Gasteiger partial charge is 0.234 e. The number of hydrogen-bond acceptors (Lipinski definition) is 9. The number of nitrogens with one attached hydrogen (secondary N) is 2. The summed E-state index contributed by atoms with van der Waals surface area (Å²) in [6, 6.07) is 27.1. The van der Waals surface area contributed by atoms with Crippen LogP contribution in [0.1, 0.15) is 68.4 Å². The monoisotopic (exact) mass is 759 g/mol. The highest BCUT2D eigenvalue weighted by molar-refractivity contribution is 6.01. The summed E-state index contributed by atoms with van der Waals surface area (Å²) in [6.45, 7) is 4.44. The zero-order chi connectivity index (χ0) is 38.7. The summed E-state index contributed by atoms with van der Waals surface area (Å²) < 4.78 is 16.3. The number of nitrogens with zero attached hydrogens (tertiary/aromatic N) is 5. The summed E-state index contributed by atoms with van der Waals surface area (Å²) in [4.78, 5) is 44.9. The van der Waals surface area contributed by atoms with Gasteiger partial charge in [-0.15, -0.1) is 0 Å². The van der Waals surface area contributed by atoms with Crippen molar-refractivity contribution in [3.05, 3.63) is 102 Å². The molecule has 11 nitrogen and oxygen atoms in total. The number of aromatic nitrogens is 2. The number of likely N-dealkylation sites (tertiary alicyclic amines) is 1. The Bertz CT molecular complexity index is 2020. The van der Waals surface area contributed by atoms with Gasteiger partial charge in [-0.3, -0.25) is 19.7 Å². The van der Waals surface area contributed by atoms with Gasteiger partial charge in [0.05, 0.1) is 28.9 Å². The van der Waals surface area contributed by atoms with Crippen LogP contribution in [0.4, 0.5) is 15.8 Å². The van der Waals surface area contributed by atoms with Crippen LogP contribution in [-0.2, 0) is 19.8 Å². The lowest BCUT2D eigenvalue weighted by molar-refractivity contribution is -0.134. The van der Waals surface area contributed by atoms with E-state index in [1.807, 2.05) is 60.7 Å². The standard InChI is InChI=1S/C44H50FN7O4/c45-43(18-24-51(25-19-43)34-12-10-31(11-13-34)36-14-15-40(54)48-41(36)55)30-50-22-16-33(17-23-50)47-42(56)44(32-6-2-1-3-7-32)20-26-52(27-21-44)35-28-38(49-46-29-35)37-8-4-5-9-39(37)53/h1-13,28-29,33,36,53H,14-27,30H2,(H,47,56)(H,48,54,55)/t36-/m1/s1. The highest BCUT2D eigenvalue weighted by Gasteiger charge is 2.44. The Labute approximate surface area is 327 Å². The first kappa shape index (κ1) is 37.6. The van der Waals surface area contributed by atoms with Crippen molar-refractivity contribution in [1.29, 1.82) is 0 Å². The first-order valence-electron chi connectivity index (χ1n) is 20.0. The Morgan fingerprint density at radius 3 is 2.18 bits per heavy atom. The van der Waals surface area contributed by atoms with Gasteiger partial charge in [0.15, 0.2) is 0 Å². The number of anilines is 2. The number of carbonyl (C=O) groups excluding carboxylic acids is 3. The van der Waals surface area contributed by atoms with Gasteiger partial charge in [0.25, 0.3) is 0 Å². The number of aromatic hydroxyl groups is 1. The van der Waals surface area contributed by atoms with Gasteiger partial charge in [-0.05, 0) is 73.6 Å². The number of benzene rings is 3. The Morgan fingerprint density at radius 2 is 1.48 bits per heavy atom. The number of phenolic OH excluding ortho intramolecular Hbond substituents is 1. The third kappa shape index (κ3) is 7.98. The molecule has 4 aromatic rings. The van der Waals surface area contributed by atoms with Crippen LogP contribution in [-0.4, -0.2) is 95.4 Å². The molecule has 0 radical (unpaired) electrons. The number of halogens is 1. The van der Waals surface area contributed by atoms with Crippen molar-refractivity contribution in [2.75, 3.05) is 55.6 Å². The topological polar surface area (TPSA) is 131 Å². The van der Waals surface area contributed by atoms with E-state index in [2.05, 4.69) is 47.7 Å². The van der Waals surface area contributed by atoms with E-state index in [4.69, 9.17) is 0 Å². The van der Waals surface area contributed by atoms with E-state index in [0.717, 1.165) is 48.4 Å². The molecule has 0 spiro atoms. The molecule has 4 aliphatic rings. The molecular weight excluding hydrogens is 710 g/mol. The zero-order valence-corrected chi connectivity index (χ0v) is 31.7. The maximum Gasteiger partial charge on any atom is 0.234 e. The highest BCUT2D eigenvalue weighted by atomic mass is 19.1. The predicted octanol–water partition coefficient (Wildman–Crippen LogP) is 5.50. The second-order valence-corrected chi connectivity index (χ2v) is 16.0. The number of hydrogen-bond donors (Lipinski definition) is 3. The summed E-state index contributed by atoms with van der Waals surface area (Å²) in [6.07, 6.45) is 6.34. The first-order valence-corrected chi connectivity index (χ1v) is 20.0. The van der Waals surface area contributed by atoms with Crippen molar-refractivity contribution in [3.63, 3.8) is 0 Å². The molecule has 8 rings (SSSR count). The van der Waals surface area contributed by atoms with Gasteiger partial charge in [-0.1, -0.05) is 54.6 Å². The average Bonchev–Trinajstić information content (AvgIpc) is 3.22. The maximum absolute atomic E-state index is 16.3.